The van der Waals surface area contributed by atoms with E-state index < -0.39 is 0 Å². The van der Waals surface area contributed by atoms with E-state index in [0.717, 1.165) is 10.6 Å². The van der Waals surface area contributed by atoms with E-state index in [1.165, 1.54) is 15.6 Å². The van der Waals surface area contributed by atoms with Crippen LogP contribution in [0.2, 0.25) is 0 Å². The summed E-state index contributed by atoms with van der Waals surface area (Å²) in [5, 5.41) is 3.22. The molecule has 0 fully saturated rings. The minimum absolute atomic E-state index is 0.952. The molecule has 0 aliphatic heterocycles. The molecule has 1 nitrogen and oxygen atoms in total. The van der Waals surface area contributed by atoms with Crippen molar-refractivity contribution < 1.29 is 4.74 Å². The normalized spacial score (nSPS) is 10.7. The van der Waals surface area contributed by atoms with Gasteiger partial charge in [0.05, 0.1) is 11.8 Å². The van der Waals surface area contributed by atoms with Gasteiger partial charge >= 0.3 is 0 Å². The van der Waals surface area contributed by atoms with Crippen molar-refractivity contribution >= 4 is 34.1 Å². The Balaban J connectivity index is 2.87. The topological polar surface area (TPSA) is 9.23 Å². The Kier molecular flexibility index (Phi) is 2.22. The van der Waals surface area contributed by atoms with Crippen molar-refractivity contribution in [3.8, 4) is 5.75 Å². The number of hydrogen-bond acceptors (Lipinski definition) is 3. The smallest absolute Gasteiger partial charge is 0.137 e. The lowest BCUT2D eigenvalue weighted by atomic mass is 10.1. The summed E-state index contributed by atoms with van der Waals surface area (Å²) in [5.74, 6) is 0.952. The molecular formula is C10H10OS2. The largest absolute Gasteiger partial charge is 0.495 e. The molecule has 0 bridgehead atoms. The third-order valence-electron chi connectivity index (χ3n) is 2.10. The highest BCUT2D eigenvalue weighted by Gasteiger charge is 2.08. The molecule has 0 atom stereocenters. The van der Waals surface area contributed by atoms with Gasteiger partial charge in [0.2, 0.25) is 0 Å². The number of benzene rings is 1. The van der Waals surface area contributed by atoms with Gasteiger partial charge in [-0.15, -0.1) is 24.0 Å². The summed E-state index contributed by atoms with van der Waals surface area (Å²) < 4.78 is 6.49. The van der Waals surface area contributed by atoms with Gasteiger partial charge in [0, 0.05) is 15.7 Å². The minimum Gasteiger partial charge on any atom is -0.495 e. The van der Waals surface area contributed by atoms with Crippen molar-refractivity contribution in [2.75, 3.05) is 7.11 Å². The molecule has 2 aromatic rings. The average Bonchev–Trinajstić information content (AvgIpc) is 2.56. The van der Waals surface area contributed by atoms with E-state index in [2.05, 4.69) is 25.6 Å². The zero-order valence-corrected chi connectivity index (χ0v) is 9.21. The lowest BCUT2D eigenvalue weighted by molar-refractivity contribution is 0.421. The summed E-state index contributed by atoms with van der Waals surface area (Å²) in [6, 6.07) is 4.09. The van der Waals surface area contributed by atoms with Crippen LogP contribution in [-0.4, -0.2) is 7.11 Å². The zero-order valence-electron chi connectivity index (χ0n) is 7.50. The first kappa shape index (κ1) is 8.91. The fourth-order valence-electron chi connectivity index (χ4n) is 1.42. The van der Waals surface area contributed by atoms with Gasteiger partial charge in [0.25, 0.3) is 0 Å². The van der Waals surface area contributed by atoms with Crippen LogP contribution >= 0.6 is 24.0 Å². The SMILES string of the molecule is COc1csc2c(S)ccc(C)c12. The van der Waals surface area contributed by atoms with Gasteiger partial charge in [0.15, 0.2) is 0 Å². The molecule has 0 saturated carbocycles. The summed E-state index contributed by atoms with van der Waals surface area (Å²) in [6.07, 6.45) is 0. The number of thiophene rings is 1. The highest BCUT2D eigenvalue weighted by atomic mass is 32.1. The summed E-state index contributed by atoms with van der Waals surface area (Å²) in [7, 11) is 1.70. The monoisotopic (exact) mass is 210 g/mol. The fourth-order valence-corrected chi connectivity index (χ4v) is 2.77. The number of aryl methyl sites for hydroxylation is 1. The number of thiol groups is 1. The van der Waals surface area contributed by atoms with Gasteiger partial charge in [-0.25, -0.2) is 0 Å². The second-order valence-corrected chi connectivity index (χ2v) is 4.27. The van der Waals surface area contributed by atoms with E-state index in [1.54, 1.807) is 18.4 Å². The molecule has 13 heavy (non-hydrogen) atoms. The summed E-state index contributed by atoms with van der Waals surface area (Å²) in [6.45, 7) is 2.09. The summed E-state index contributed by atoms with van der Waals surface area (Å²) in [5.41, 5.74) is 1.24. The van der Waals surface area contributed by atoms with E-state index in [0.29, 0.717) is 0 Å². The van der Waals surface area contributed by atoms with Crippen LogP contribution in [0.4, 0.5) is 0 Å². The Morgan fingerprint density at radius 3 is 2.85 bits per heavy atom. The van der Waals surface area contributed by atoms with Crippen LogP contribution in [0, 0.1) is 6.92 Å². The van der Waals surface area contributed by atoms with Gasteiger partial charge in [-0.1, -0.05) is 6.07 Å². The molecule has 68 valence electrons. The first-order chi connectivity index (χ1) is 6.24. The standard InChI is InChI=1S/C10H10OS2/c1-6-3-4-8(12)10-9(6)7(11-2)5-13-10/h3-5,12H,1-2H3. The molecule has 0 aliphatic rings. The first-order valence-electron chi connectivity index (χ1n) is 3.98. The molecule has 2 rings (SSSR count). The second kappa shape index (κ2) is 3.24. The molecule has 1 heterocycles. The molecule has 0 N–H and O–H groups in total. The maximum atomic E-state index is 5.28. The molecule has 1 aromatic carbocycles. The molecule has 0 saturated heterocycles. The van der Waals surface area contributed by atoms with Gasteiger partial charge in [-0.05, 0) is 18.6 Å². The lowest BCUT2D eigenvalue weighted by Crippen LogP contribution is -1.82. The fraction of sp³-hybridized carbons (Fsp3) is 0.200. The number of rotatable bonds is 1. The Morgan fingerprint density at radius 2 is 2.15 bits per heavy atom. The number of methoxy groups -OCH3 is 1. The molecule has 0 radical (unpaired) electrons. The van der Waals surface area contributed by atoms with Gasteiger partial charge in [-0.2, -0.15) is 0 Å². The third kappa shape index (κ3) is 1.32. The van der Waals surface area contributed by atoms with E-state index in [-0.39, 0.29) is 0 Å². The van der Waals surface area contributed by atoms with Gasteiger partial charge < -0.3 is 4.74 Å². The van der Waals surface area contributed by atoms with Gasteiger partial charge in [-0.3, -0.25) is 0 Å². The van der Waals surface area contributed by atoms with E-state index >= 15 is 0 Å². The Hall–Kier alpha value is -0.670. The summed E-state index contributed by atoms with van der Waals surface area (Å²) >= 11 is 6.08. The molecular weight excluding hydrogens is 200 g/mol. The van der Waals surface area contributed by atoms with Crippen LogP contribution < -0.4 is 4.74 Å². The molecule has 0 unspecified atom stereocenters. The number of hydrogen-bond donors (Lipinski definition) is 1. The maximum absolute atomic E-state index is 5.28. The molecule has 0 spiro atoms. The van der Waals surface area contributed by atoms with Crippen LogP contribution in [0.25, 0.3) is 10.1 Å². The van der Waals surface area contributed by atoms with Gasteiger partial charge in [0.1, 0.15) is 5.75 Å². The predicted octanol–water partition coefficient (Wildman–Crippen LogP) is 3.51. The van der Waals surface area contributed by atoms with Crippen LogP contribution in [0.1, 0.15) is 5.56 Å². The quantitative estimate of drug-likeness (QED) is 0.709. The zero-order chi connectivity index (χ0) is 9.42. The Labute approximate surface area is 86.8 Å². The van der Waals surface area contributed by atoms with Crippen molar-refractivity contribution in [3.05, 3.63) is 23.1 Å². The maximum Gasteiger partial charge on any atom is 0.137 e. The molecule has 3 heteroatoms. The molecule has 0 aliphatic carbocycles. The van der Waals surface area contributed by atoms with Crippen molar-refractivity contribution in [1.29, 1.82) is 0 Å². The predicted molar refractivity (Wildman–Crippen MR) is 60.4 cm³/mol. The Morgan fingerprint density at radius 1 is 1.38 bits per heavy atom. The summed E-state index contributed by atoms with van der Waals surface area (Å²) in [4.78, 5) is 1.02. The van der Waals surface area contributed by atoms with E-state index in [1.807, 2.05) is 11.4 Å². The lowest BCUT2D eigenvalue weighted by Gasteiger charge is -2.01. The van der Waals surface area contributed by atoms with Crippen LogP contribution in [0.3, 0.4) is 0 Å². The Bertz CT molecular complexity index is 445. The van der Waals surface area contributed by atoms with Crippen LogP contribution in [0.15, 0.2) is 22.4 Å². The van der Waals surface area contributed by atoms with E-state index in [4.69, 9.17) is 4.74 Å². The minimum atomic E-state index is 0.952. The van der Waals surface area contributed by atoms with Crippen molar-refractivity contribution in [2.45, 2.75) is 11.8 Å². The van der Waals surface area contributed by atoms with Crippen molar-refractivity contribution in [2.24, 2.45) is 0 Å². The highest BCUT2D eigenvalue weighted by Crippen LogP contribution is 2.37. The second-order valence-electron chi connectivity index (χ2n) is 2.91. The van der Waals surface area contributed by atoms with Crippen LogP contribution in [0.5, 0.6) is 5.75 Å². The number of ether oxygens (including phenoxy) is 1. The van der Waals surface area contributed by atoms with Crippen molar-refractivity contribution in [1.82, 2.24) is 0 Å². The number of fused-ring (bicyclic) bond motifs is 1. The highest BCUT2D eigenvalue weighted by molar-refractivity contribution is 7.80. The van der Waals surface area contributed by atoms with E-state index in [9.17, 15) is 0 Å². The molecule has 0 amide bonds. The van der Waals surface area contributed by atoms with Crippen LogP contribution in [-0.2, 0) is 0 Å². The van der Waals surface area contributed by atoms with Crippen molar-refractivity contribution in [3.63, 3.8) is 0 Å². The molecule has 1 aromatic heterocycles. The third-order valence-corrected chi connectivity index (χ3v) is 3.61. The first-order valence-corrected chi connectivity index (χ1v) is 5.30. The average molecular weight is 210 g/mol.